The van der Waals surface area contributed by atoms with Gasteiger partial charge < -0.3 is 9.72 Å². The number of nitrogens with one attached hydrogen (secondary N) is 1. The van der Waals surface area contributed by atoms with E-state index in [1.54, 1.807) is 43.0 Å². The van der Waals surface area contributed by atoms with Crippen molar-refractivity contribution in [3.63, 3.8) is 0 Å². The summed E-state index contributed by atoms with van der Waals surface area (Å²) < 4.78 is 15.9. The van der Waals surface area contributed by atoms with Crippen LogP contribution in [0.5, 0.6) is 0 Å². The molecule has 0 atom stereocenters. The van der Waals surface area contributed by atoms with Crippen LogP contribution in [0.15, 0.2) is 78.0 Å². The van der Waals surface area contributed by atoms with Crippen molar-refractivity contribution in [2.75, 3.05) is 5.32 Å². The summed E-state index contributed by atoms with van der Waals surface area (Å²) in [4.78, 5) is 18.0. The Balaban J connectivity index is 1.39. The van der Waals surface area contributed by atoms with Crippen LogP contribution in [0.4, 0.5) is 10.1 Å². The number of fused-ring (bicyclic) bond motifs is 1. The van der Waals surface area contributed by atoms with Crippen LogP contribution in [-0.2, 0) is 5.75 Å². The van der Waals surface area contributed by atoms with Crippen molar-refractivity contribution in [3.05, 3.63) is 95.7 Å². The minimum atomic E-state index is -0.437. The van der Waals surface area contributed by atoms with Crippen LogP contribution >= 0.6 is 11.8 Å². The van der Waals surface area contributed by atoms with Gasteiger partial charge >= 0.3 is 0 Å². The Labute approximate surface area is 166 Å². The van der Waals surface area contributed by atoms with Crippen molar-refractivity contribution < 1.29 is 9.18 Å². The summed E-state index contributed by atoms with van der Waals surface area (Å²) in [5.74, 6) is -0.0328. The average molecular weight is 391 g/mol. The monoisotopic (exact) mass is 391 g/mol. The number of anilines is 1. The van der Waals surface area contributed by atoms with E-state index in [-0.39, 0.29) is 11.6 Å². The second-order valence-electron chi connectivity index (χ2n) is 6.45. The lowest BCUT2D eigenvalue weighted by Crippen LogP contribution is -2.12. The van der Waals surface area contributed by atoms with Gasteiger partial charge in [-0.1, -0.05) is 12.1 Å². The number of benzene rings is 2. The Kier molecular flexibility index (Phi) is 5.12. The third kappa shape index (κ3) is 4.07. The molecule has 0 fully saturated rings. The van der Waals surface area contributed by atoms with E-state index in [2.05, 4.69) is 10.3 Å². The van der Waals surface area contributed by atoms with Crippen molar-refractivity contribution in [3.8, 4) is 0 Å². The molecule has 0 spiro atoms. The summed E-state index contributed by atoms with van der Waals surface area (Å²) in [5.41, 5.74) is 3.39. The minimum absolute atomic E-state index is 0.181. The summed E-state index contributed by atoms with van der Waals surface area (Å²) in [7, 11) is 0. The van der Waals surface area contributed by atoms with Gasteiger partial charge in [-0.2, -0.15) is 0 Å². The molecule has 140 valence electrons. The molecule has 2 aromatic carbocycles. The number of nitrogens with zero attached hydrogens (tertiary/aromatic N) is 2. The van der Waals surface area contributed by atoms with Crippen LogP contribution in [0.2, 0.25) is 0 Å². The van der Waals surface area contributed by atoms with Gasteiger partial charge in [-0.25, -0.2) is 9.37 Å². The number of rotatable bonds is 5. The van der Waals surface area contributed by atoms with Crippen molar-refractivity contribution in [1.82, 2.24) is 9.38 Å². The first-order chi connectivity index (χ1) is 13.6. The molecule has 4 aromatic rings. The molecule has 1 N–H and O–H groups in total. The van der Waals surface area contributed by atoms with Gasteiger partial charge in [0.15, 0.2) is 0 Å². The van der Waals surface area contributed by atoms with E-state index in [1.165, 1.54) is 6.07 Å². The summed E-state index contributed by atoms with van der Waals surface area (Å²) in [6.07, 6.45) is 3.99. The number of amides is 1. The van der Waals surface area contributed by atoms with Gasteiger partial charge in [-0.15, -0.1) is 11.8 Å². The maximum atomic E-state index is 13.9. The predicted octanol–water partition coefficient (Wildman–Crippen LogP) is 5.33. The second kappa shape index (κ2) is 7.86. The molecule has 4 nitrogen and oxygen atoms in total. The summed E-state index contributed by atoms with van der Waals surface area (Å²) >= 11 is 1.65. The molecule has 0 aliphatic heterocycles. The van der Waals surface area contributed by atoms with Crippen LogP contribution < -0.4 is 5.32 Å². The fraction of sp³-hybridized carbons (Fsp3) is 0.0909. The van der Waals surface area contributed by atoms with Crippen molar-refractivity contribution in [2.24, 2.45) is 0 Å². The molecule has 0 unspecified atom stereocenters. The fourth-order valence-corrected chi connectivity index (χ4v) is 3.61. The molecule has 0 radical (unpaired) electrons. The highest BCUT2D eigenvalue weighted by Crippen LogP contribution is 2.23. The first-order valence-electron chi connectivity index (χ1n) is 8.81. The number of aromatic nitrogens is 2. The summed E-state index contributed by atoms with van der Waals surface area (Å²) in [6, 6.07) is 17.9. The number of carbonyl (C=O) groups is 1. The smallest absolute Gasteiger partial charge is 0.255 e. The molecule has 0 bridgehead atoms. The number of imidazole rings is 1. The molecule has 2 heterocycles. The van der Waals surface area contributed by atoms with Gasteiger partial charge in [-0.05, 0) is 61.0 Å². The zero-order chi connectivity index (χ0) is 19.5. The summed E-state index contributed by atoms with van der Waals surface area (Å²) in [5, 5.41) is 2.61. The van der Waals surface area contributed by atoms with E-state index < -0.39 is 5.82 Å². The number of hydrogen-bond donors (Lipinski definition) is 1. The molecular formula is C22H18FN3OS. The topological polar surface area (TPSA) is 46.4 Å². The van der Waals surface area contributed by atoms with Crippen molar-refractivity contribution in [1.29, 1.82) is 0 Å². The number of aryl methyl sites for hydroxylation is 1. The van der Waals surface area contributed by atoms with Crippen LogP contribution in [0, 0.1) is 12.7 Å². The van der Waals surface area contributed by atoms with Gasteiger partial charge in [0.2, 0.25) is 0 Å². The quantitative estimate of drug-likeness (QED) is 0.468. The Morgan fingerprint density at radius 3 is 2.71 bits per heavy atom. The SMILES string of the molecule is Cc1ccc(NC(=O)c2ccc(SCc3cn4ccccc4n3)cc2)c(F)c1. The zero-order valence-corrected chi connectivity index (χ0v) is 16.0. The fourth-order valence-electron chi connectivity index (χ4n) is 2.83. The van der Waals surface area contributed by atoms with E-state index in [0.29, 0.717) is 5.56 Å². The normalized spacial score (nSPS) is 10.9. The van der Waals surface area contributed by atoms with Crippen LogP contribution in [0.3, 0.4) is 0 Å². The number of carbonyl (C=O) groups excluding carboxylic acids is 1. The minimum Gasteiger partial charge on any atom is -0.319 e. The Hall–Kier alpha value is -3.12. The highest BCUT2D eigenvalue weighted by molar-refractivity contribution is 7.98. The Morgan fingerprint density at radius 2 is 1.96 bits per heavy atom. The van der Waals surface area contributed by atoms with Crippen LogP contribution in [-0.4, -0.2) is 15.3 Å². The third-order valence-electron chi connectivity index (χ3n) is 4.29. The average Bonchev–Trinajstić information content (AvgIpc) is 3.12. The molecule has 6 heteroatoms. The number of hydrogen-bond acceptors (Lipinski definition) is 3. The Morgan fingerprint density at radius 1 is 1.14 bits per heavy atom. The van der Waals surface area contributed by atoms with Gasteiger partial charge in [-0.3, -0.25) is 4.79 Å². The predicted molar refractivity (Wildman–Crippen MR) is 110 cm³/mol. The first-order valence-corrected chi connectivity index (χ1v) is 9.80. The molecule has 4 rings (SSSR count). The lowest BCUT2D eigenvalue weighted by atomic mass is 10.2. The molecule has 28 heavy (non-hydrogen) atoms. The molecule has 1 amide bonds. The summed E-state index contributed by atoms with van der Waals surface area (Å²) in [6.45, 7) is 1.80. The standard InChI is InChI=1S/C22H18FN3OS/c1-15-5-10-20(19(23)12-15)25-22(27)16-6-8-18(9-7-16)28-14-17-13-26-11-3-2-4-21(26)24-17/h2-13H,14H2,1H3,(H,25,27). The maximum absolute atomic E-state index is 13.9. The molecule has 0 aliphatic rings. The van der Waals surface area contributed by atoms with E-state index in [4.69, 9.17) is 0 Å². The molecule has 0 saturated carbocycles. The van der Waals surface area contributed by atoms with Gasteiger partial charge in [0.1, 0.15) is 11.5 Å². The Bertz CT molecular complexity index is 1110. The molecule has 2 aromatic heterocycles. The lowest BCUT2D eigenvalue weighted by molar-refractivity contribution is 0.102. The van der Waals surface area contributed by atoms with Gasteiger partial charge in [0.05, 0.1) is 11.4 Å². The van der Waals surface area contributed by atoms with E-state index in [1.807, 2.05) is 47.1 Å². The molecule has 0 saturated heterocycles. The van der Waals surface area contributed by atoms with E-state index in [9.17, 15) is 9.18 Å². The number of halogens is 1. The van der Waals surface area contributed by atoms with Gasteiger partial charge in [0, 0.05) is 28.6 Å². The highest BCUT2D eigenvalue weighted by atomic mass is 32.2. The van der Waals surface area contributed by atoms with Crippen LogP contribution in [0.1, 0.15) is 21.6 Å². The largest absolute Gasteiger partial charge is 0.319 e. The molecule has 0 aliphatic carbocycles. The second-order valence-corrected chi connectivity index (χ2v) is 7.50. The zero-order valence-electron chi connectivity index (χ0n) is 15.2. The molecular weight excluding hydrogens is 373 g/mol. The van der Waals surface area contributed by atoms with Gasteiger partial charge in [0.25, 0.3) is 5.91 Å². The van der Waals surface area contributed by atoms with Crippen molar-refractivity contribution >= 4 is 29.0 Å². The van der Waals surface area contributed by atoms with Crippen LogP contribution in [0.25, 0.3) is 5.65 Å². The number of thioether (sulfide) groups is 1. The maximum Gasteiger partial charge on any atom is 0.255 e. The first kappa shape index (κ1) is 18.3. The van der Waals surface area contributed by atoms with Crippen molar-refractivity contribution in [2.45, 2.75) is 17.6 Å². The lowest BCUT2D eigenvalue weighted by Gasteiger charge is -2.08. The highest BCUT2D eigenvalue weighted by Gasteiger charge is 2.10. The van der Waals surface area contributed by atoms with E-state index >= 15 is 0 Å². The number of pyridine rings is 1. The van der Waals surface area contributed by atoms with E-state index in [0.717, 1.165) is 27.6 Å². The third-order valence-corrected chi connectivity index (χ3v) is 5.34.